The number of nitrogens with zero attached hydrogens (tertiary/aromatic N) is 2. The predicted molar refractivity (Wildman–Crippen MR) is 106 cm³/mol. The summed E-state index contributed by atoms with van der Waals surface area (Å²) in [7, 11) is 0. The first-order valence-electron chi connectivity index (χ1n) is 9.52. The molecule has 2 heterocycles. The van der Waals surface area contributed by atoms with Crippen LogP contribution in [-0.2, 0) is 16.1 Å². The molecule has 4 heteroatoms. The molecule has 2 amide bonds. The third kappa shape index (κ3) is 3.27. The van der Waals surface area contributed by atoms with Gasteiger partial charge in [0.1, 0.15) is 5.70 Å². The number of rotatable bonds is 4. The van der Waals surface area contributed by atoms with Gasteiger partial charge in [-0.15, -0.1) is 0 Å². The third-order valence-electron chi connectivity index (χ3n) is 5.37. The van der Waals surface area contributed by atoms with Gasteiger partial charge in [-0.1, -0.05) is 59.7 Å². The standard InChI is InChI=1S/C23H24N2O2/c1-16-5-9-18(10-6-16)15-25-22(26)20(19-11-7-17(2)8-12-19)21(23(25)27)24-13-3-4-14-24/h5-12H,3-4,13-15H2,1-2H3. The van der Waals surface area contributed by atoms with Crippen molar-refractivity contribution in [3.63, 3.8) is 0 Å². The maximum Gasteiger partial charge on any atom is 0.278 e. The van der Waals surface area contributed by atoms with E-state index in [0.29, 0.717) is 17.8 Å². The maximum absolute atomic E-state index is 13.3. The molecule has 4 rings (SSSR count). The molecule has 2 aromatic rings. The Balaban J connectivity index is 1.72. The van der Waals surface area contributed by atoms with Crippen molar-refractivity contribution < 1.29 is 9.59 Å². The van der Waals surface area contributed by atoms with Crippen molar-refractivity contribution in [3.05, 3.63) is 76.5 Å². The van der Waals surface area contributed by atoms with Gasteiger partial charge < -0.3 is 4.90 Å². The summed E-state index contributed by atoms with van der Waals surface area (Å²) in [6.45, 7) is 6.03. The van der Waals surface area contributed by atoms with Gasteiger partial charge in [0.15, 0.2) is 0 Å². The van der Waals surface area contributed by atoms with Crippen molar-refractivity contribution >= 4 is 17.4 Å². The molecule has 0 aliphatic carbocycles. The monoisotopic (exact) mass is 360 g/mol. The van der Waals surface area contributed by atoms with Crippen molar-refractivity contribution in [1.82, 2.24) is 9.80 Å². The topological polar surface area (TPSA) is 40.6 Å². The number of imide groups is 1. The van der Waals surface area contributed by atoms with Gasteiger partial charge in [-0.3, -0.25) is 14.5 Å². The van der Waals surface area contributed by atoms with Crippen LogP contribution in [0.1, 0.15) is 35.1 Å². The molecule has 0 saturated carbocycles. The highest BCUT2D eigenvalue weighted by molar-refractivity contribution is 6.35. The molecule has 0 atom stereocenters. The number of aryl methyl sites for hydroxylation is 2. The second-order valence-electron chi connectivity index (χ2n) is 7.47. The highest BCUT2D eigenvalue weighted by Gasteiger charge is 2.41. The first-order chi connectivity index (χ1) is 13.0. The highest BCUT2D eigenvalue weighted by Crippen LogP contribution is 2.34. The normalized spacial score (nSPS) is 17.4. The van der Waals surface area contributed by atoms with E-state index in [9.17, 15) is 9.59 Å². The van der Waals surface area contributed by atoms with Crippen LogP contribution in [0.25, 0.3) is 5.57 Å². The maximum atomic E-state index is 13.3. The summed E-state index contributed by atoms with van der Waals surface area (Å²) < 4.78 is 0. The summed E-state index contributed by atoms with van der Waals surface area (Å²) >= 11 is 0. The Morgan fingerprint density at radius 1 is 0.778 bits per heavy atom. The fourth-order valence-corrected chi connectivity index (χ4v) is 3.80. The molecule has 0 aromatic heterocycles. The van der Waals surface area contributed by atoms with Gasteiger partial charge in [0.05, 0.1) is 12.1 Å². The van der Waals surface area contributed by atoms with Crippen molar-refractivity contribution in [1.29, 1.82) is 0 Å². The number of carbonyl (C=O) groups is 2. The van der Waals surface area contributed by atoms with Crippen LogP contribution in [0.5, 0.6) is 0 Å². The Labute approximate surface area is 160 Å². The lowest BCUT2D eigenvalue weighted by molar-refractivity contribution is -0.138. The summed E-state index contributed by atoms with van der Waals surface area (Å²) in [4.78, 5) is 30.0. The fraction of sp³-hybridized carbons (Fsp3) is 0.304. The second-order valence-corrected chi connectivity index (χ2v) is 7.47. The molecule has 1 fully saturated rings. The summed E-state index contributed by atoms with van der Waals surface area (Å²) in [5.74, 6) is -0.357. The van der Waals surface area contributed by atoms with Gasteiger partial charge in [-0.05, 0) is 37.8 Å². The van der Waals surface area contributed by atoms with Crippen LogP contribution in [0, 0.1) is 13.8 Å². The second kappa shape index (κ2) is 7.03. The Morgan fingerprint density at radius 3 is 1.93 bits per heavy atom. The third-order valence-corrected chi connectivity index (χ3v) is 5.37. The molecule has 0 N–H and O–H groups in total. The van der Waals surface area contributed by atoms with Crippen LogP contribution < -0.4 is 0 Å². The Hall–Kier alpha value is -2.88. The molecule has 1 saturated heterocycles. The van der Waals surface area contributed by atoms with Crippen LogP contribution in [0.15, 0.2) is 54.2 Å². The van der Waals surface area contributed by atoms with E-state index in [2.05, 4.69) is 4.90 Å². The van der Waals surface area contributed by atoms with Gasteiger partial charge in [0.2, 0.25) is 0 Å². The number of likely N-dealkylation sites (tertiary alicyclic amines) is 1. The number of hydrogen-bond donors (Lipinski definition) is 0. The van der Waals surface area contributed by atoms with Crippen molar-refractivity contribution in [2.24, 2.45) is 0 Å². The molecule has 2 aliphatic rings. The Morgan fingerprint density at radius 2 is 1.33 bits per heavy atom. The lowest BCUT2D eigenvalue weighted by Gasteiger charge is -2.20. The van der Waals surface area contributed by atoms with Gasteiger partial charge in [0, 0.05) is 13.1 Å². The molecule has 0 spiro atoms. The fourth-order valence-electron chi connectivity index (χ4n) is 3.80. The van der Waals surface area contributed by atoms with Gasteiger partial charge >= 0.3 is 0 Å². The molecule has 2 aliphatic heterocycles. The van der Waals surface area contributed by atoms with Gasteiger partial charge in [-0.25, -0.2) is 0 Å². The van der Waals surface area contributed by atoms with Crippen molar-refractivity contribution in [2.75, 3.05) is 13.1 Å². The lowest BCUT2D eigenvalue weighted by atomic mass is 10.0. The van der Waals surface area contributed by atoms with E-state index in [1.54, 1.807) is 0 Å². The van der Waals surface area contributed by atoms with Crippen LogP contribution >= 0.6 is 0 Å². The minimum absolute atomic E-state index is 0.168. The largest absolute Gasteiger partial charge is 0.366 e. The average molecular weight is 360 g/mol. The highest BCUT2D eigenvalue weighted by atomic mass is 16.2. The molecule has 2 aromatic carbocycles. The zero-order valence-electron chi connectivity index (χ0n) is 15.9. The van der Waals surface area contributed by atoms with Crippen LogP contribution in [0.4, 0.5) is 0 Å². The zero-order valence-corrected chi connectivity index (χ0v) is 15.9. The first kappa shape index (κ1) is 17.5. The molecular formula is C23H24N2O2. The van der Waals surface area contributed by atoms with E-state index in [1.165, 1.54) is 4.90 Å². The van der Waals surface area contributed by atoms with Crippen LogP contribution in [-0.4, -0.2) is 34.7 Å². The van der Waals surface area contributed by atoms with Crippen molar-refractivity contribution in [3.8, 4) is 0 Å². The molecule has 138 valence electrons. The summed E-state index contributed by atoms with van der Waals surface area (Å²) in [6.07, 6.45) is 2.12. The summed E-state index contributed by atoms with van der Waals surface area (Å²) in [5, 5.41) is 0. The number of amides is 2. The smallest absolute Gasteiger partial charge is 0.278 e. The van der Waals surface area contributed by atoms with E-state index in [0.717, 1.165) is 48.2 Å². The minimum Gasteiger partial charge on any atom is -0.366 e. The van der Waals surface area contributed by atoms with E-state index < -0.39 is 0 Å². The number of carbonyl (C=O) groups excluding carboxylic acids is 2. The number of benzene rings is 2. The van der Waals surface area contributed by atoms with Crippen molar-refractivity contribution in [2.45, 2.75) is 33.2 Å². The Bertz CT molecular complexity index is 904. The summed E-state index contributed by atoms with van der Waals surface area (Å²) in [5.41, 5.74) is 5.22. The lowest BCUT2D eigenvalue weighted by Crippen LogP contribution is -2.34. The average Bonchev–Trinajstić information content (AvgIpc) is 3.26. The quantitative estimate of drug-likeness (QED) is 0.781. The molecule has 0 bridgehead atoms. The van der Waals surface area contributed by atoms with Gasteiger partial charge in [0.25, 0.3) is 11.8 Å². The molecular weight excluding hydrogens is 336 g/mol. The molecule has 27 heavy (non-hydrogen) atoms. The zero-order chi connectivity index (χ0) is 19.0. The SMILES string of the molecule is Cc1ccc(CN2C(=O)C(c3ccc(C)cc3)=C(N3CCCC3)C2=O)cc1. The minimum atomic E-state index is -0.189. The van der Waals surface area contributed by atoms with E-state index >= 15 is 0 Å². The summed E-state index contributed by atoms with van der Waals surface area (Å²) in [6, 6.07) is 15.9. The number of hydrogen-bond acceptors (Lipinski definition) is 3. The van der Waals surface area contributed by atoms with E-state index in [4.69, 9.17) is 0 Å². The molecule has 0 unspecified atom stereocenters. The predicted octanol–water partition coefficient (Wildman–Crippen LogP) is 3.68. The Kier molecular flexibility index (Phi) is 4.56. The first-order valence-corrected chi connectivity index (χ1v) is 9.52. The van der Waals surface area contributed by atoms with E-state index in [1.807, 2.05) is 62.4 Å². The van der Waals surface area contributed by atoms with E-state index in [-0.39, 0.29) is 11.8 Å². The molecule has 4 nitrogen and oxygen atoms in total. The van der Waals surface area contributed by atoms with Crippen LogP contribution in [0.3, 0.4) is 0 Å². The molecule has 0 radical (unpaired) electrons. The van der Waals surface area contributed by atoms with Gasteiger partial charge in [-0.2, -0.15) is 0 Å². The van der Waals surface area contributed by atoms with Crippen LogP contribution in [0.2, 0.25) is 0 Å².